The predicted molar refractivity (Wildman–Crippen MR) is 131 cm³/mol. The van der Waals surface area contributed by atoms with E-state index in [1.165, 1.54) is 0 Å². The van der Waals surface area contributed by atoms with Gasteiger partial charge < -0.3 is 9.64 Å². The fourth-order valence-corrected chi connectivity index (χ4v) is 7.13. The summed E-state index contributed by atoms with van der Waals surface area (Å²) in [4.78, 5) is 20.2. The number of benzene rings is 1. The summed E-state index contributed by atoms with van der Waals surface area (Å²) in [6.07, 6.45) is 1.89. The van der Waals surface area contributed by atoms with Crippen molar-refractivity contribution in [3.8, 4) is 11.3 Å². The van der Waals surface area contributed by atoms with Crippen molar-refractivity contribution < 1.29 is 22.5 Å². The molecule has 5 heterocycles. The number of hydrogen-bond acceptors (Lipinski definition) is 6. The van der Waals surface area contributed by atoms with Crippen LogP contribution in [0.4, 0.5) is 8.78 Å². The monoisotopic (exact) mass is 519 g/mol. The number of amides is 1. The van der Waals surface area contributed by atoms with E-state index in [2.05, 4.69) is 4.90 Å². The molecule has 0 spiro atoms. The molecular weight excluding hydrogens is 488 g/mol. The molecule has 3 fully saturated rings. The number of carbonyl (C=O) groups excluding carboxylic acids is 1. The molecule has 1 amide bonds. The summed E-state index contributed by atoms with van der Waals surface area (Å²) < 4.78 is 47.0. The van der Waals surface area contributed by atoms with Gasteiger partial charge in [-0.3, -0.25) is 23.5 Å². The number of rotatable bonds is 5. The van der Waals surface area contributed by atoms with Crippen LogP contribution in [0.5, 0.6) is 0 Å². The van der Waals surface area contributed by atoms with E-state index in [0.29, 0.717) is 38.5 Å². The zero-order chi connectivity index (χ0) is 24.9. The van der Waals surface area contributed by atoms with Crippen LogP contribution >= 0.6 is 0 Å². The lowest BCUT2D eigenvalue weighted by atomic mass is 10.0. The van der Waals surface area contributed by atoms with Gasteiger partial charge in [-0.25, -0.2) is 8.78 Å². The summed E-state index contributed by atoms with van der Waals surface area (Å²) in [5.41, 5.74) is 2.94. The molecular formula is C25H31F2N5O3S. The molecule has 3 saturated heterocycles. The van der Waals surface area contributed by atoms with Crippen molar-refractivity contribution in [2.24, 2.45) is 0 Å². The second kappa shape index (κ2) is 9.59. The molecule has 0 aliphatic carbocycles. The third-order valence-electron chi connectivity index (χ3n) is 7.64. The number of morpholine rings is 1. The average molecular weight is 520 g/mol. The Labute approximate surface area is 211 Å². The summed E-state index contributed by atoms with van der Waals surface area (Å²) in [5, 5.41) is 4.91. The van der Waals surface area contributed by atoms with Crippen LogP contribution in [-0.4, -0.2) is 106 Å². The summed E-state index contributed by atoms with van der Waals surface area (Å²) in [5.74, 6) is -2.40. The van der Waals surface area contributed by atoms with Gasteiger partial charge in [0.1, 0.15) is 0 Å². The Hall–Kier alpha value is -2.21. The van der Waals surface area contributed by atoms with E-state index in [0.717, 1.165) is 54.2 Å². The molecule has 0 N–H and O–H groups in total. The molecule has 0 saturated carbocycles. The maximum atomic E-state index is 13.5. The Balaban J connectivity index is 1.30. The largest absolute Gasteiger partial charge is 0.378 e. The third-order valence-corrected chi connectivity index (χ3v) is 9.04. The van der Waals surface area contributed by atoms with E-state index in [1.54, 1.807) is 9.80 Å². The van der Waals surface area contributed by atoms with E-state index >= 15 is 0 Å². The molecule has 4 aliphatic rings. The predicted octanol–water partition coefficient (Wildman–Crippen LogP) is 2.23. The number of aromatic nitrogens is 2. The molecule has 8 nitrogen and oxygen atoms in total. The average Bonchev–Trinajstić information content (AvgIpc) is 3.26. The first-order valence-electron chi connectivity index (χ1n) is 12.7. The summed E-state index contributed by atoms with van der Waals surface area (Å²) >= 11 is 0. The Morgan fingerprint density at radius 2 is 1.86 bits per heavy atom. The molecule has 11 heteroatoms. The third kappa shape index (κ3) is 4.51. The van der Waals surface area contributed by atoms with Gasteiger partial charge >= 0.3 is 0 Å². The minimum absolute atomic E-state index is 0.0520. The van der Waals surface area contributed by atoms with Crippen molar-refractivity contribution in [3.05, 3.63) is 35.5 Å². The van der Waals surface area contributed by atoms with Gasteiger partial charge in [0.2, 0.25) is 0 Å². The van der Waals surface area contributed by atoms with Crippen molar-refractivity contribution in [2.45, 2.75) is 35.5 Å². The van der Waals surface area contributed by atoms with E-state index in [1.807, 2.05) is 28.9 Å². The van der Waals surface area contributed by atoms with Crippen molar-refractivity contribution in [1.82, 2.24) is 24.5 Å². The fourth-order valence-electron chi connectivity index (χ4n) is 5.80. The highest BCUT2D eigenvalue weighted by molar-refractivity contribution is 7.84. The zero-order valence-electron chi connectivity index (χ0n) is 20.2. The molecule has 1 aromatic carbocycles. The molecule has 194 valence electrons. The second-order valence-electron chi connectivity index (χ2n) is 10.2. The summed E-state index contributed by atoms with van der Waals surface area (Å²) in [7, 11) is -1.24. The van der Waals surface area contributed by atoms with Crippen molar-refractivity contribution in [3.63, 3.8) is 0 Å². The number of piperidine rings is 1. The Bertz CT molecular complexity index is 1170. The molecule has 2 unspecified atom stereocenters. The SMILES string of the molecule is O=C(c1nn(C2CCCN(CCN3CC(F)(F)C3)C2)c2c1CS(=O)c1ccccc1-2)N1CCOCC1. The number of ether oxygens (including phenoxy) is 1. The molecule has 36 heavy (non-hydrogen) atoms. The van der Waals surface area contributed by atoms with Gasteiger partial charge in [0.05, 0.1) is 54.6 Å². The van der Waals surface area contributed by atoms with Crippen molar-refractivity contribution in [2.75, 3.05) is 65.6 Å². The minimum atomic E-state index is -2.55. The maximum Gasteiger partial charge on any atom is 0.274 e. The molecule has 1 aromatic heterocycles. The normalized spacial score (nSPS) is 26.2. The number of carbonyl (C=O) groups is 1. The molecule has 4 aliphatic heterocycles. The van der Waals surface area contributed by atoms with Crippen LogP contribution < -0.4 is 0 Å². The number of alkyl halides is 2. The number of halogens is 2. The number of likely N-dealkylation sites (tertiary alicyclic amines) is 2. The van der Waals surface area contributed by atoms with Crippen molar-refractivity contribution in [1.29, 1.82) is 0 Å². The highest BCUT2D eigenvalue weighted by Crippen LogP contribution is 2.40. The van der Waals surface area contributed by atoms with Crippen LogP contribution in [-0.2, 0) is 21.3 Å². The van der Waals surface area contributed by atoms with Gasteiger partial charge in [0, 0.05) is 48.7 Å². The second-order valence-corrected chi connectivity index (χ2v) is 11.6. The summed E-state index contributed by atoms with van der Waals surface area (Å²) in [6, 6.07) is 7.74. The molecule has 0 bridgehead atoms. The van der Waals surface area contributed by atoms with E-state index in [-0.39, 0.29) is 30.8 Å². The van der Waals surface area contributed by atoms with Crippen LogP contribution in [0.15, 0.2) is 29.2 Å². The zero-order valence-corrected chi connectivity index (χ0v) is 21.0. The maximum absolute atomic E-state index is 13.5. The standard InChI is InChI=1S/C25H31F2N5O3S/c26-25(27)16-30(17-25)9-8-29-7-3-4-18(14-29)32-23-19-5-1-2-6-21(19)36(34)15-20(23)22(28-32)24(33)31-10-12-35-13-11-31/h1-2,5-6,18H,3-4,7-17H2. The first-order chi connectivity index (χ1) is 17.4. The smallest absolute Gasteiger partial charge is 0.274 e. The highest BCUT2D eigenvalue weighted by atomic mass is 32.2. The Kier molecular flexibility index (Phi) is 6.43. The summed E-state index contributed by atoms with van der Waals surface area (Å²) in [6.45, 7) is 4.76. The van der Waals surface area contributed by atoms with Crippen molar-refractivity contribution >= 4 is 16.7 Å². The van der Waals surface area contributed by atoms with Crippen LogP contribution in [0.25, 0.3) is 11.3 Å². The lowest BCUT2D eigenvalue weighted by Crippen LogP contribution is -2.57. The number of fused-ring (bicyclic) bond motifs is 3. The van der Waals surface area contributed by atoms with Gasteiger partial charge in [-0.15, -0.1) is 0 Å². The Morgan fingerprint density at radius 3 is 2.64 bits per heavy atom. The van der Waals surface area contributed by atoms with E-state index in [9.17, 15) is 17.8 Å². The molecule has 0 radical (unpaired) electrons. The highest BCUT2D eigenvalue weighted by Gasteiger charge is 2.43. The lowest BCUT2D eigenvalue weighted by Gasteiger charge is -2.41. The van der Waals surface area contributed by atoms with Gasteiger partial charge in [-0.1, -0.05) is 18.2 Å². The quantitative estimate of drug-likeness (QED) is 0.604. The van der Waals surface area contributed by atoms with Gasteiger partial charge in [-0.05, 0) is 25.5 Å². The lowest BCUT2D eigenvalue weighted by molar-refractivity contribution is -0.131. The topological polar surface area (TPSA) is 70.9 Å². The molecule has 6 rings (SSSR count). The Morgan fingerprint density at radius 1 is 1.11 bits per heavy atom. The van der Waals surface area contributed by atoms with Gasteiger partial charge in [-0.2, -0.15) is 5.10 Å². The number of nitrogens with zero attached hydrogens (tertiary/aromatic N) is 5. The minimum Gasteiger partial charge on any atom is -0.378 e. The van der Waals surface area contributed by atoms with Gasteiger partial charge in [0.25, 0.3) is 11.8 Å². The van der Waals surface area contributed by atoms with Gasteiger partial charge in [0.15, 0.2) is 5.69 Å². The van der Waals surface area contributed by atoms with E-state index in [4.69, 9.17) is 9.84 Å². The first-order valence-corrected chi connectivity index (χ1v) is 14.0. The van der Waals surface area contributed by atoms with Crippen LogP contribution in [0, 0.1) is 0 Å². The molecule has 2 aromatic rings. The number of hydrogen-bond donors (Lipinski definition) is 0. The van der Waals surface area contributed by atoms with Crippen LogP contribution in [0.2, 0.25) is 0 Å². The first kappa shape index (κ1) is 24.1. The van der Waals surface area contributed by atoms with Crippen LogP contribution in [0.3, 0.4) is 0 Å². The fraction of sp³-hybridized carbons (Fsp3) is 0.600. The van der Waals surface area contributed by atoms with E-state index < -0.39 is 16.7 Å². The molecule has 2 atom stereocenters. The van der Waals surface area contributed by atoms with Crippen LogP contribution in [0.1, 0.15) is 34.9 Å².